The van der Waals surface area contributed by atoms with Crippen molar-refractivity contribution >= 4 is 17.8 Å². The summed E-state index contributed by atoms with van der Waals surface area (Å²) in [5, 5.41) is 13.6. The summed E-state index contributed by atoms with van der Waals surface area (Å²) in [6.45, 7) is 4.70. The highest BCUT2D eigenvalue weighted by molar-refractivity contribution is 5.88. The predicted molar refractivity (Wildman–Crippen MR) is 129 cm³/mol. The summed E-state index contributed by atoms with van der Waals surface area (Å²) >= 11 is 0. The third-order valence-electron chi connectivity index (χ3n) is 5.30. The Bertz CT molecular complexity index is 1260. The summed E-state index contributed by atoms with van der Waals surface area (Å²) in [6, 6.07) is 17.6. The molecular formula is C25H27N7O3. The van der Waals surface area contributed by atoms with Crippen LogP contribution in [0.3, 0.4) is 0 Å². The monoisotopic (exact) mass is 473 g/mol. The van der Waals surface area contributed by atoms with Crippen LogP contribution >= 0.6 is 0 Å². The van der Waals surface area contributed by atoms with Gasteiger partial charge in [-0.15, -0.1) is 5.10 Å². The molecule has 0 bridgehead atoms. The van der Waals surface area contributed by atoms with Crippen molar-refractivity contribution in [2.45, 2.75) is 45.7 Å². The first-order valence-corrected chi connectivity index (χ1v) is 11.4. The van der Waals surface area contributed by atoms with Crippen LogP contribution in [0.4, 0.5) is 5.95 Å². The van der Waals surface area contributed by atoms with Gasteiger partial charge in [-0.1, -0.05) is 73.6 Å². The molecule has 2 aromatic heterocycles. The molecule has 0 fully saturated rings. The zero-order chi connectivity index (χ0) is 24.6. The molecule has 2 N–H and O–H groups in total. The van der Waals surface area contributed by atoms with E-state index in [4.69, 9.17) is 4.52 Å². The Morgan fingerprint density at radius 1 is 1.03 bits per heavy atom. The van der Waals surface area contributed by atoms with E-state index in [1.807, 2.05) is 54.6 Å². The molecule has 0 spiro atoms. The first kappa shape index (κ1) is 23.8. The molecule has 10 nitrogen and oxygen atoms in total. The number of benzene rings is 2. The van der Waals surface area contributed by atoms with E-state index in [1.54, 1.807) is 0 Å². The Morgan fingerprint density at radius 3 is 2.54 bits per heavy atom. The van der Waals surface area contributed by atoms with Crippen LogP contribution in [-0.4, -0.2) is 36.7 Å². The van der Waals surface area contributed by atoms with Crippen molar-refractivity contribution < 1.29 is 14.1 Å². The Morgan fingerprint density at radius 2 is 1.80 bits per heavy atom. The van der Waals surface area contributed by atoms with Crippen LogP contribution in [0.1, 0.15) is 43.2 Å². The number of nitrogens with zero attached hydrogens (tertiary/aromatic N) is 5. The van der Waals surface area contributed by atoms with E-state index in [9.17, 15) is 9.59 Å². The van der Waals surface area contributed by atoms with E-state index < -0.39 is 0 Å². The van der Waals surface area contributed by atoms with Gasteiger partial charge in [0.15, 0.2) is 0 Å². The number of hydrogen-bond donors (Lipinski definition) is 2. The van der Waals surface area contributed by atoms with Crippen LogP contribution in [0, 0.1) is 0 Å². The molecule has 0 aliphatic carbocycles. The summed E-state index contributed by atoms with van der Waals surface area (Å²) in [4.78, 5) is 32.8. The molecular weight excluding hydrogens is 446 g/mol. The first-order valence-electron chi connectivity index (χ1n) is 11.4. The van der Waals surface area contributed by atoms with E-state index in [1.165, 1.54) is 16.6 Å². The van der Waals surface area contributed by atoms with Gasteiger partial charge < -0.3 is 9.84 Å². The molecule has 4 aromatic rings. The Labute approximate surface area is 202 Å². The van der Waals surface area contributed by atoms with E-state index in [0.717, 1.165) is 11.1 Å². The molecule has 0 unspecified atom stereocenters. The molecule has 2 aromatic carbocycles. The third-order valence-corrected chi connectivity index (χ3v) is 5.30. The number of anilines is 1. The summed E-state index contributed by atoms with van der Waals surface area (Å²) in [6.07, 6.45) is 1.80. The average Bonchev–Trinajstić information content (AvgIpc) is 3.52. The number of nitrogens with one attached hydrogen (secondary N) is 2. The second kappa shape index (κ2) is 11.2. The number of aryl methyl sites for hydroxylation is 1. The number of aromatic nitrogens is 5. The zero-order valence-electron chi connectivity index (χ0n) is 19.6. The minimum absolute atomic E-state index is 0.00138. The van der Waals surface area contributed by atoms with Crippen molar-refractivity contribution in [3.05, 3.63) is 77.9 Å². The van der Waals surface area contributed by atoms with Gasteiger partial charge >= 0.3 is 0 Å². The van der Waals surface area contributed by atoms with Gasteiger partial charge in [-0.05, 0) is 17.0 Å². The van der Waals surface area contributed by atoms with Crippen molar-refractivity contribution in [3.8, 4) is 11.4 Å². The van der Waals surface area contributed by atoms with Crippen molar-refractivity contribution in [1.82, 2.24) is 30.2 Å². The lowest BCUT2D eigenvalue weighted by Crippen LogP contribution is -2.27. The van der Waals surface area contributed by atoms with Crippen molar-refractivity contribution in [2.24, 2.45) is 0 Å². The fraction of sp³-hybridized carbons (Fsp3) is 0.280. The SMILES string of the molecule is CC(C)c1ccc(-c2noc(CCC(=O)Nc3ncn(CC(=O)NCc4ccccc4)n3)n2)cc1. The van der Waals surface area contributed by atoms with Crippen LogP contribution in [0.2, 0.25) is 0 Å². The number of hydrogen-bond acceptors (Lipinski definition) is 7. The maximum absolute atomic E-state index is 12.3. The van der Waals surface area contributed by atoms with Gasteiger partial charge in [0.25, 0.3) is 0 Å². The first-order chi connectivity index (χ1) is 17.0. The maximum Gasteiger partial charge on any atom is 0.248 e. The molecule has 2 amide bonds. The molecule has 0 radical (unpaired) electrons. The van der Waals surface area contributed by atoms with Gasteiger partial charge in [-0.25, -0.2) is 9.67 Å². The summed E-state index contributed by atoms with van der Waals surface area (Å²) < 4.78 is 6.65. The average molecular weight is 474 g/mol. The number of carbonyl (C=O) groups excluding carboxylic acids is 2. The zero-order valence-corrected chi connectivity index (χ0v) is 19.6. The highest BCUT2D eigenvalue weighted by atomic mass is 16.5. The van der Waals surface area contributed by atoms with Gasteiger partial charge in [0, 0.05) is 24.9 Å². The normalized spacial score (nSPS) is 10.9. The highest BCUT2D eigenvalue weighted by Gasteiger charge is 2.13. The molecule has 0 saturated carbocycles. The second-order valence-electron chi connectivity index (χ2n) is 8.36. The minimum Gasteiger partial charge on any atom is -0.350 e. The quantitative estimate of drug-likeness (QED) is 0.361. The van der Waals surface area contributed by atoms with Crippen molar-refractivity contribution in [2.75, 3.05) is 5.32 Å². The summed E-state index contributed by atoms with van der Waals surface area (Å²) in [7, 11) is 0. The molecule has 180 valence electrons. The smallest absolute Gasteiger partial charge is 0.248 e. The molecule has 0 atom stereocenters. The fourth-order valence-electron chi connectivity index (χ4n) is 3.33. The Balaban J connectivity index is 1.22. The molecule has 2 heterocycles. The minimum atomic E-state index is -0.294. The molecule has 4 rings (SSSR count). The van der Waals surface area contributed by atoms with E-state index >= 15 is 0 Å². The lowest BCUT2D eigenvalue weighted by atomic mass is 10.0. The van der Waals surface area contributed by atoms with E-state index in [2.05, 4.69) is 44.7 Å². The Hall–Kier alpha value is -4.34. The molecule has 0 saturated heterocycles. The third kappa shape index (κ3) is 6.83. The summed E-state index contributed by atoms with van der Waals surface area (Å²) in [5.41, 5.74) is 3.10. The number of carbonyl (C=O) groups is 2. The predicted octanol–water partition coefficient (Wildman–Crippen LogP) is 3.34. The molecule has 35 heavy (non-hydrogen) atoms. The van der Waals surface area contributed by atoms with Crippen LogP contribution < -0.4 is 10.6 Å². The van der Waals surface area contributed by atoms with Crippen molar-refractivity contribution in [3.63, 3.8) is 0 Å². The van der Waals surface area contributed by atoms with Crippen LogP contribution in [0.5, 0.6) is 0 Å². The maximum atomic E-state index is 12.3. The molecule has 10 heteroatoms. The lowest BCUT2D eigenvalue weighted by molar-refractivity contribution is -0.122. The van der Waals surface area contributed by atoms with Gasteiger partial charge in [0.05, 0.1) is 0 Å². The molecule has 0 aliphatic rings. The summed E-state index contributed by atoms with van der Waals surface area (Å²) in [5.74, 6) is 0.932. The van der Waals surface area contributed by atoms with Crippen LogP contribution in [-0.2, 0) is 29.1 Å². The fourth-order valence-corrected chi connectivity index (χ4v) is 3.33. The van der Waals surface area contributed by atoms with Crippen LogP contribution in [0.15, 0.2) is 65.4 Å². The van der Waals surface area contributed by atoms with Gasteiger partial charge in [0.1, 0.15) is 12.9 Å². The van der Waals surface area contributed by atoms with Crippen LogP contribution in [0.25, 0.3) is 11.4 Å². The second-order valence-corrected chi connectivity index (χ2v) is 8.36. The number of amides is 2. The Kier molecular flexibility index (Phi) is 7.61. The molecule has 0 aliphatic heterocycles. The van der Waals surface area contributed by atoms with E-state index in [0.29, 0.717) is 24.2 Å². The highest BCUT2D eigenvalue weighted by Crippen LogP contribution is 2.20. The standard InChI is InChI=1S/C25H27N7O3/c1-17(2)19-8-10-20(11-9-19)24-29-23(35-31-24)13-12-21(33)28-25-27-16-32(30-25)15-22(34)26-14-18-6-4-3-5-7-18/h3-11,16-17H,12-15H2,1-2H3,(H,26,34)(H,28,30,33). The largest absolute Gasteiger partial charge is 0.350 e. The van der Waals surface area contributed by atoms with E-state index in [-0.39, 0.29) is 37.1 Å². The lowest BCUT2D eigenvalue weighted by Gasteiger charge is -2.05. The van der Waals surface area contributed by atoms with Gasteiger partial charge in [0.2, 0.25) is 29.5 Å². The van der Waals surface area contributed by atoms with Crippen molar-refractivity contribution in [1.29, 1.82) is 0 Å². The topological polar surface area (TPSA) is 128 Å². The van der Waals surface area contributed by atoms with Gasteiger partial charge in [-0.2, -0.15) is 4.98 Å². The van der Waals surface area contributed by atoms with Gasteiger partial charge in [-0.3, -0.25) is 14.9 Å². The number of rotatable bonds is 10.